The second kappa shape index (κ2) is 6.22. The molecule has 7 heteroatoms. The minimum Gasteiger partial charge on any atom is -0.324 e. The van der Waals surface area contributed by atoms with Gasteiger partial charge in [-0.25, -0.2) is 13.1 Å². The predicted molar refractivity (Wildman–Crippen MR) is 79.7 cm³/mol. The summed E-state index contributed by atoms with van der Waals surface area (Å²) in [6.07, 6.45) is 2.71. The highest BCUT2D eigenvalue weighted by molar-refractivity contribution is 7.89. The van der Waals surface area contributed by atoms with Gasteiger partial charge in [0.1, 0.15) is 0 Å². The van der Waals surface area contributed by atoms with Gasteiger partial charge in [0.05, 0.1) is 4.90 Å². The number of hydrogen-bond acceptors (Lipinski definition) is 4. The Morgan fingerprint density at radius 3 is 2.55 bits per heavy atom. The van der Waals surface area contributed by atoms with Gasteiger partial charge in [0.15, 0.2) is 5.78 Å². The van der Waals surface area contributed by atoms with E-state index in [0.717, 1.165) is 19.3 Å². The number of sulfonamides is 1. The van der Waals surface area contributed by atoms with Crippen LogP contribution >= 0.6 is 12.4 Å². The van der Waals surface area contributed by atoms with Crippen LogP contribution in [0.15, 0.2) is 29.2 Å². The molecular formula is C13H19ClN2O3S. The van der Waals surface area contributed by atoms with Gasteiger partial charge in [-0.3, -0.25) is 4.79 Å². The Morgan fingerprint density at radius 1 is 1.40 bits per heavy atom. The Morgan fingerprint density at radius 2 is 2.05 bits per heavy atom. The lowest BCUT2D eigenvalue weighted by Gasteiger charge is -2.38. The van der Waals surface area contributed by atoms with Crippen molar-refractivity contribution in [1.29, 1.82) is 0 Å². The van der Waals surface area contributed by atoms with Gasteiger partial charge in [-0.1, -0.05) is 12.1 Å². The molecule has 0 aromatic heterocycles. The number of nitrogens with one attached hydrogen (secondary N) is 1. The van der Waals surface area contributed by atoms with Crippen LogP contribution in [0.5, 0.6) is 0 Å². The summed E-state index contributed by atoms with van der Waals surface area (Å²) in [5, 5.41) is 0. The van der Waals surface area contributed by atoms with Crippen molar-refractivity contribution in [3.05, 3.63) is 29.8 Å². The minimum atomic E-state index is -3.61. The number of carbonyl (C=O) groups excluding carboxylic acids is 1. The van der Waals surface area contributed by atoms with E-state index in [9.17, 15) is 13.2 Å². The summed E-state index contributed by atoms with van der Waals surface area (Å²) in [6.45, 7) is 1.64. The first-order valence-corrected chi connectivity index (χ1v) is 7.70. The van der Waals surface area contributed by atoms with Crippen LogP contribution in [0.2, 0.25) is 0 Å². The van der Waals surface area contributed by atoms with Crippen molar-refractivity contribution in [3.63, 3.8) is 0 Å². The van der Waals surface area contributed by atoms with E-state index in [1.54, 1.807) is 12.1 Å². The molecule has 0 unspecified atom stereocenters. The van der Waals surface area contributed by atoms with Crippen molar-refractivity contribution < 1.29 is 13.2 Å². The van der Waals surface area contributed by atoms with Crippen molar-refractivity contribution in [1.82, 2.24) is 4.72 Å². The van der Waals surface area contributed by atoms with E-state index >= 15 is 0 Å². The molecule has 20 heavy (non-hydrogen) atoms. The van der Waals surface area contributed by atoms with Gasteiger partial charge in [0.2, 0.25) is 10.0 Å². The van der Waals surface area contributed by atoms with Crippen LogP contribution in [-0.4, -0.2) is 26.3 Å². The first-order chi connectivity index (χ1) is 8.82. The van der Waals surface area contributed by atoms with E-state index in [2.05, 4.69) is 4.72 Å². The number of rotatable bonds is 5. The molecule has 1 aliphatic rings. The minimum absolute atomic E-state index is 0. The fourth-order valence-corrected chi connectivity index (χ4v) is 3.20. The Labute approximate surface area is 125 Å². The van der Waals surface area contributed by atoms with Crippen molar-refractivity contribution in [2.75, 3.05) is 6.54 Å². The number of carbonyl (C=O) groups is 1. The van der Waals surface area contributed by atoms with Crippen LogP contribution in [0.1, 0.15) is 36.5 Å². The number of halogens is 1. The molecule has 2 rings (SSSR count). The molecule has 1 aromatic carbocycles. The van der Waals surface area contributed by atoms with Gasteiger partial charge >= 0.3 is 0 Å². The van der Waals surface area contributed by atoms with Gasteiger partial charge in [-0.2, -0.15) is 0 Å². The molecular weight excluding hydrogens is 300 g/mol. The van der Waals surface area contributed by atoms with Gasteiger partial charge in [0, 0.05) is 17.6 Å². The zero-order valence-corrected chi connectivity index (χ0v) is 12.9. The Kier molecular flexibility index (Phi) is 5.32. The van der Waals surface area contributed by atoms with Crippen molar-refractivity contribution in [3.8, 4) is 0 Å². The number of Topliss-reactive ketones (excluding diaryl/α,β-unsaturated/α-hetero) is 1. The van der Waals surface area contributed by atoms with E-state index in [0.29, 0.717) is 5.56 Å². The van der Waals surface area contributed by atoms with Crippen molar-refractivity contribution >= 4 is 28.2 Å². The van der Waals surface area contributed by atoms with E-state index in [1.807, 2.05) is 0 Å². The molecule has 3 N–H and O–H groups in total. The number of benzene rings is 1. The molecule has 0 radical (unpaired) electrons. The quantitative estimate of drug-likeness (QED) is 0.805. The molecule has 0 heterocycles. The zero-order chi connectivity index (χ0) is 14.1. The molecule has 0 amide bonds. The standard InChI is InChI=1S/C13H18N2O3S.ClH/c1-10(16)11-4-2-5-12(8-11)19(17,18)15-9-13(14)6-3-7-13;/h2,4-5,8,15H,3,6-7,9,14H2,1H3;1H. The maximum Gasteiger partial charge on any atom is 0.240 e. The molecule has 112 valence electrons. The number of hydrogen-bond donors (Lipinski definition) is 2. The maximum absolute atomic E-state index is 12.1. The molecule has 0 aliphatic heterocycles. The second-order valence-corrected chi connectivity index (χ2v) is 6.89. The monoisotopic (exact) mass is 318 g/mol. The SMILES string of the molecule is CC(=O)c1cccc(S(=O)(=O)NCC2(N)CCC2)c1.Cl. The van der Waals surface area contributed by atoms with Crippen molar-refractivity contribution in [2.45, 2.75) is 36.6 Å². The highest BCUT2D eigenvalue weighted by Crippen LogP contribution is 2.28. The Bertz CT molecular complexity index is 597. The van der Waals surface area contributed by atoms with Crippen LogP contribution in [0.4, 0.5) is 0 Å². The molecule has 1 aliphatic carbocycles. The molecule has 0 saturated heterocycles. The summed E-state index contributed by atoms with van der Waals surface area (Å²) < 4.78 is 26.8. The number of ketones is 1. The summed E-state index contributed by atoms with van der Waals surface area (Å²) in [5.74, 6) is -0.161. The van der Waals surface area contributed by atoms with Gasteiger partial charge in [-0.05, 0) is 38.3 Å². The van der Waals surface area contributed by atoms with Gasteiger partial charge in [-0.15, -0.1) is 12.4 Å². The summed E-state index contributed by atoms with van der Waals surface area (Å²) in [4.78, 5) is 11.4. The molecule has 0 spiro atoms. The first-order valence-electron chi connectivity index (χ1n) is 6.22. The molecule has 0 bridgehead atoms. The fourth-order valence-electron chi connectivity index (χ4n) is 2.01. The summed E-state index contributed by atoms with van der Waals surface area (Å²) in [7, 11) is -3.61. The van der Waals surface area contributed by atoms with Crippen molar-refractivity contribution in [2.24, 2.45) is 5.73 Å². The van der Waals surface area contributed by atoms with E-state index < -0.39 is 15.6 Å². The Hall–Kier alpha value is -0.950. The summed E-state index contributed by atoms with van der Waals surface area (Å²) in [6, 6.07) is 6.01. The zero-order valence-electron chi connectivity index (χ0n) is 11.3. The van der Waals surface area contributed by atoms with Gasteiger partial charge < -0.3 is 5.73 Å². The average Bonchev–Trinajstić information content (AvgIpc) is 2.34. The van der Waals surface area contributed by atoms with Gasteiger partial charge in [0.25, 0.3) is 0 Å². The normalized spacial score (nSPS) is 16.9. The molecule has 1 saturated carbocycles. The lowest BCUT2D eigenvalue weighted by Crippen LogP contribution is -2.54. The highest BCUT2D eigenvalue weighted by Gasteiger charge is 2.33. The fraction of sp³-hybridized carbons (Fsp3) is 0.462. The third kappa shape index (κ3) is 3.79. The second-order valence-electron chi connectivity index (χ2n) is 5.12. The van der Waals surface area contributed by atoms with E-state index in [-0.39, 0.29) is 29.6 Å². The number of nitrogens with two attached hydrogens (primary N) is 1. The largest absolute Gasteiger partial charge is 0.324 e. The predicted octanol–water partition coefficient (Wildman–Crippen LogP) is 1.47. The summed E-state index contributed by atoms with van der Waals surface area (Å²) >= 11 is 0. The smallest absolute Gasteiger partial charge is 0.240 e. The Balaban J connectivity index is 0.00000200. The van der Waals surface area contributed by atoms with E-state index in [4.69, 9.17) is 5.73 Å². The third-order valence-corrected chi connectivity index (χ3v) is 4.91. The topological polar surface area (TPSA) is 89.3 Å². The molecule has 1 aromatic rings. The van der Waals surface area contributed by atoms with Crippen LogP contribution < -0.4 is 10.5 Å². The first kappa shape index (κ1) is 17.1. The lowest BCUT2D eigenvalue weighted by atomic mass is 9.78. The van der Waals surface area contributed by atoms with Crippen LogP contribution in [0.3, 0.4) is 0 Å². The summed E-state index contributed by atoms with van der Waals surface area (Å²) in [5.41, 5.74) is 5.96. The molecule has 5 nitrogen and oxygen atoms in total. The van der Waals surface area contributed by atoms with Crippen LogP contribution in [0, 0.1) is 0 Å². The van der Waals surface area contributed by atoms with E-state index in [1.165, 1.54) is 19.1 Å². The maximum atomic E-state index is 12.1. The van der Waals surface area contributed by atoms with Crippen LogP contribution in [0.25, 0.3) is 0 Å². The van der Waals surface area contributed by atoms with Crippen LogP contribution in [-0.2, 0) is 10.0 Å². The highest BCUT2D eigenvalue weighted by atomic mass is 35.5. The molecule has 0 atom stereocenters. The average molecular weight is 319 g/mol. The molecule has 1 fully saturated rings. The third-order valence-electron chi connectivity index (χ3n) is 3.51. The lowest BCUT2D eigenvalue weighted by molar-refractivity contribution is 0.101.